The molecule has 0 N–H and O–H groups in total. The minimum Gasteiger partial charge on any atom is -0.300 e. The Morgan fingerprint density at radius 1 is 1.12 bits per heavy atom. The van der Waals surface area contributed by atoms with Crippen molar-refractivity contribution < 1.29 is 4.39 Å². The lowest BCUT2D eigenvalue weighted by Gasteiger charge is -2.40. The molecule has 16 heavy (non-hydrogen) atoms. The highest BCUT2D eigenvalue weighted by molar-refractivity contribution is 5.25. The summed E-state index contributed by atoms with van der Waals surface area (Å²) >= 11 is 0. The van der Waals surface area contributed by atoms with Crippen molar-refractivity contribution in [2.24, 2.45) is 0 Å². The monoisotopic (exact) mass is 219 g/mol. The fraction of sp³-hybridized carbons (Fsp3) is 0.571. The molecule has 2 unspecified atom stereocenters. The van der Waals surface area contributed by atoms with Gasteiger partial charge in [0.05, 0.1) is 0 Å². The molecule has 1 aromatic rings. The van der Waals surface area contributed by atoms with Gasteiger partial charge in [-0.1, -0.05) is 30.3 Å². The van der Waals surface area contributed by atoms with Crippen LogP contribution in [-0.4, -0.2) is 24.0 Å². The van der Waals surface area contributed by atoms with Gasteiger partial charge in [0.15, 0.2) is 0 Å². The van der Waals surface area contributed by atoms with Crippen LogP contribution in [0.3, 0.4) is 0 Å². The molecular weight excluding hydrogens is 201 g/mol. The molecule has 2 bridgehead atoms. The second-order valence-corrected chi connectivity index (χ2v) is 5.29. The number of piperidine rings is 1. The lowest BCUT2D eigenvalue weighted by Crippen LogP contribution is -2.45. The Morgan fingerprint density at radius 2 is 1.69 bits per heavy atom. The normalized spacial score (nSPS) is 38.9. The molecule has 2 fully saturated rings. The van der Waals surface area contributed by atoms with Crippen LogP contribution >= 0.6 is 0 Å². The maximum absolute atomic E-state index is 15.0. The second-order valence-electron chi connectivity index (χ2n) is 5.29. The maximum atomic E-state index is 15.0. The van der Waals surface area contributed by atoms with Gasteiger partial charge >= 0.3 is 0 Å². The topological polar surface area (TPSA) is 3.24 Å². The smallest absolute Gasteiger partial charge is 0.139 e. The quantitative estimate of drug-likeness (QED) is 0.701. The number of benzene rings is 1. The number of rotatable bonds is 1. The molecule has 0 radical (unpaired) electrons. The van der Waals surface area contributed by atoms with Crippen LogP contribution in [0, 0.1) is 0 Å². The van der Waals surface area contributed by atoms with Gasteiger partial charge in [-0.3, -0.25) is 0 Å². The molecule has 2 aliphatic heterocycles. The largest absolute Gasteiger partial charge is 0.300 e. The lowest BCUT2D eigenvalue weighted by atomic mass is 9.82. The summed E-state index contributed by atoms with van der Waals surface area (Å²) in [5, 5.41) is 0. The van der Waals surface area contributed by atoms with E-state index in [9.17, 15) is 4.39 Å². The van der Waals surface area contributed by atoms with E-state index in [0.717, 1.165) is 5.56 Å². The van der Waals surface area contributed by atoms with Crippen LogP contribution in [0.2, 0.25) is 0 Å². The molecular formula is C14H18FN. The molecule has 3 rings (SSSR count). The zero-order valence-corrected chi connectivity index (χ0v) is 9.70. The van der Waals surface area contributed by atoms with Crippen LogP contribution in [0.15, 0.2) is 30.3 Å². The molecule has 2 heterocycles. The first kappa shape index (κ1) is 10.3. The SMILES string of the molecule is CN1C2CCC1CC(F)(c1ccccc1)C2. The van der Waals surface area contributed by atoms with Gasteiger partial charge in [-0.25, -0.2) is 4.39 Å². The van der Waals surface area contributed by atoms with Gasteiger partial charge in [-0.15, -0.1) is 0 Å². The maximum Gasteiger partial charge on any atom is 0.139 e. The van der Waals surface area contributed by atoms with Crippen molar-refractivity contribution in [1.82, 2.24) is 4.90 Å². The Bertz CT molecular complexity index is 362. The van der Waals surface area contributed by atoms with Gasteiger partial charge in [0.1, 0.15) is 5.67 Å². The van der Waals surface area contributed by atoms with E-state index in [2.05, 4.69) is 11.9 Å². The highest BCUT2D eigenvalue weighted by Gasteiger charge is 2.48. The number of nitrogens with zero attached hydrogens (tertiary/aromatic N) is 1. The number of fused-ring (bicyclic) bond motifs is 2. The Morgan fingerprint density at radius 3 is 2.25 bits per heavy atom. The van der Waals surface area contributed by atoms with E-state index in [0.29, 0.717) is 24.9 Å². The predicted molar refractivity (Wildman–Crippen MR) is 63.0 cm³/mol. The Hall–Kier alpha value is -0.890. The van der Waals surface area contributed by atoms with Crippen LogP contribution < -0.4 is 0 Å². The number of halogens is 1. The van der Waals surface area contributed by atoms with E-state index >= 15 is 0 Å². The van der Waals surface area contributed by atoms with Crippen molar-refractivity contribution in [3.05, 3.63) is 35.9 Å². The van der Waals surface area contributed by atoms with Crippen LogP contribution in [0.1, 0.15) is 31.2 Å². The summed E-state index contributed by atoms with van der Waals surface area (Å²) in [6.07, 6.45) is 3.67. The Labute approximate surface area is 96.3 Å². The number of hydrogen-bond acceptors (Lipinski definition) is 1. The van der Waals surface area contributed by atoms with Crippen molar-refractivity contribution in [2.75, 3.05) is 7.05 Å². The predicted octanol–water partition coefficient (Wildman–Crippen LogP) is 3.11. The average molecular weight is 219 g/mol. The van der Waals surface area contributed by atoms with Crippen molar-refractivity contribution in [1.29, 1.82) is 0 Å². The van der Waals surface area contributed by atoms with E-state index in [4.69, 9.17) is 0 Å². The fourth-order valence-corrected chi connectivity index (χ4v) is 3.39. The van der Waals surface area contributed by atoms with Gasteiger partial charge in [0.25, 0.3) is 0 Å². The van der Waals surface area contributed by atoms with Crippen LogP contribution in [0.25, 0.3) is 0 Å². The Kier molecular flexibility index (Phi) is 2.28. The van der Waals surface area contributed by atoms with E-state index in [-0.39, 0.29) is 0 Å². The molecule has 1 aromatic carbocycles. The van der Waals surface area contributed by atoms with Crippen molar-refractivity contribution in [3.8, 4) is 0 Å². The molecule has 2 heteroatoms. The second kappa shape index (κ2) is 3.56. The lowest BCUT2D eigenvalue weighted by molar-refractivity contribution is 0.0218. The summed E-state index contributed by atoms with van der Waals surface area (Å²) in [5.41, 5.74) is -0.209. The fourth-order valence-electron chi connectivity index (χ4n) is 3.39. The summed E-state index contributed by atoms with van der Waals surface area (Å²) in [7, 11) is 2.15. The van der Waals surface area contributed by atoms with E-state index in [1.165, 1.54) is 12.8 Å². The summed E-state index contributed by atoms with van der Waals surface area (Å²) in [5.74, 6) is 0. The van der Waals surface area contributed by atoms with E-state index in [1.54, 1.807) is 0 Å². The summed E-state index contributed by atoms with van der Waals surface area (Å²) in [4.78, 5) is 2.38. The molecule has 0 aliphatic carbocycles. The number of alkyl halides is 1. The molecule has 0 saturated carbocycles. The van der Waals surface area contributed by atoms with Gasteiger partial charge in [0.2, 0.25) is 0 Å². The molecule has 0 aromatic heterocycles. The minimum absolute atomic E-state index is 0.448. The standard InChI is InChI=1S/C14H18FN/c1-16-12-7-8-13(16)10-14(15,9-12)11-5-3-2-4-6-11/h2-6,12-13H,7-10H2,1H3. The zero-order chi connectivity index (χ0) is 11.2. The summed E-state index contributed by atoms with van der Waals surface area (Å²) in [6, 6.07) is 10.6. The average Bonchev–Trinajstić information content (AvgIpc) is 2.54. The van der Waals surface area contributed by atoms with Crippen molar-refractivity contribution >= 4 is 0 Å². The van der Waals surface area contributed by atoms with Crippen molar-refractivity contribution in [3.63, 3.8) is 0 Å². The van der Waals surface area contributed by atoms with Gasteiger partial charge < -0.3 is 4.90 Å². The highest BCUT2D eigenvalue weighted by atomic mass is 19.1. The first-order valence-electron chi connectivity index (χ1n) is 6.15. The molecule has 2 atom stereocenters. The third-order valence-electron chi connectivity index (χ3n) is 4.39. The Balaban J connectivity index is 1.91. The first-order chi connectivity index (χ1) is 7.69. The zero-order valence-electron chi connectivity index (χ0n) is 9.70. The van der Waals surface area contributed by atoms with E-state index in [1.807, 2.05) is 30.3 Å². The van der Waals surface area contributed by atoms with Crippen molar-refractivity contribution in [2.45, 2.75) is 43.4 Å². The summed E-state index contributed by atoms with van der Waals surface area (Å²) in [6.45, 7) is 0. The molecule has 0 spiro atoms. The molecule has 86 valence electrons. The van der Waals surface area contributed by atoms with Gasteiger partial charge in [-0.2, -0.15) is 0 Å². The molecule has 0 amide bonds. The third-order valence-corrected chi connectivity index (χ3v) is 4.39. The molecule has 2 saturated heterocycles. The molecule has 2 aliphatic rings. The number of hydrogen-bond donors (Lipinski definition) is 0. The first-order valence-corrected chi connectivity index (χ1v) is 6.15. The minimum atomic E-state index is -1.08. The van der Waals surface area contributed by atoms with E-state index < -0.39 is 5.67 Å². The highest BCUT2D eigenvalue weighted by Crippen LogP contribution is 2.47. The van der Waals surface area contributed by atoms with Gasteiger partial charge in [0, 0.05) is 24.9 Å². The van der Waals surface area contributed by atoms with Crippen LogP contribution in [0.5, 0.6) is 0 Å². The third kappa shape index (κ3) is 1.47. The summed E-state index contributed by atoms with van der Waals surface area (Å²) < 4.78 is 15.0. The van der Waals surface area contributed by atoms with Crippen LogP contribution in [0.4, 0.5) is 4.39 Å². The van der Waals surface area contributed by atoms with Crippen LogP contribution in [-0.2, 0) is 5.67 Å². The molecule has 1 nitrogen and oxygen atoms in total. The van der Waals surface area contributed by atoms with Gasteiger partial charge in [-0.05, 0) is 25.5 Å².